The van der Waals surface area contributed by atoms with E-state index in [0.29, 0.717) is 6.54 Å². The summed E-state index contributed by atoms with van der Waals surface area (Å²) >= 11 is 0. The highest BCUT2D eigenvalue weighted by Crippen LogP contribution is 2.21. The van der Waals surface area contributed by atoms with Crippen LogP contribution in [-0.2, 0) is 21.2 Å². The van der Waals surface area contributed by atoms with Gasteiger partial charge in [-0.2, -0.15) is 0 Å². The third-order valence-electron chi connectivity index (χ3n) is 4.08. The van der Waals surface area contributed by atoms with Gasteiger partial charge >= 0.3 is 0 Å². The number of para-hydroxylation sites is 2. The minimum atomic E-state index is -3.12. The molecule has 2 aromatic rings. The molecule has 3 rings (SSSR count). The van der Waals surface area contributed by atoms with Crippen molar-refractivity contribution in [1.29, 1.82) is 0 Å². The molecule has 0 fully saturated rings. The first-order chi connectivity index (χ1) is 11.4. The van der Waals surface area contributed by atoms with Crippen LogP contribution in [0.3, 0.4) is 0 Å². The van der Waals surface area contributed by atoms with Gasteiger partial charge < -0.3 is 9.88 Å². The maximum Gasteiger partial charge on any atom is 0.220 e. The Morgan fingerprint density at radius 3 is 2.79 bits per heavy atom. The summed E-state index contributed by atoms with van der Waals surface area (Å²) in [5, 5.41) is 4.06. The number of carbonyl (C=O) groups excluding carboxylic acids is 1. The molecule has 1 aliphatic rings. The largest absolute Gasteiger partial charge is 0.349 e. The highest BCUT2D eigenvalue weighted by molar-refractivity contribution is 7.94. The number of aromatic nitrogens is 2. The van der Waals surface area contributed by atoms with E-state index < -0.39 is 9.84 Å². The first-order valence-corrected chi connectivity index (χ1v) is 9.71. The van der Waals surface area contributed by atoms with Gasteiger partial charge in [-0.1, -0.05) is 18.2 Å². The number of carbonyl (C=O) groups is 1. The number of sulfone groups is 1. The van der Waals surface area contributed by atoms with E-state index >= 15 is 0 Å². The Hall–Kier alpha value is -2.15. The number of fused-ring (bicyclic) bond motifs is 1. The van der Waals surface area contributed by atoms with Crippen LogP contribution < -0.4 is 5.32 Å². The second kappa shape index (κ2) is 6.39. The van der Waals surface area contributed by atoms with Crippen LogP contribution >= 0.6 is 0 Å². The molecule has 0 bridgehead atoms. The quantitative estimate of drug-likeness (QED) is 0.899. The summed E-state index contributed by atoms with van der Waals surface area (Å²) in [5.41, 5.74) is 1.95. The first-order valence-electron chi connectivity index (χ1n) is 7.99. The third kappa shape index (κ3) is 3.51. The number of rotatable bonds is 5. The number of nitrogens with one attached hydrogen (secondary N) is 1. The fourth-order valence-electron chi connectivity index (χ4n) is 3.05. The van der Waals surface area contributed by atoms with Gasteiger partial charge in [0, 0.05) is 23.8 Å². The second-order valence-electron chi connectivity index (χ2n) is 6.38. The van der Waals surface area contributed by atoms with E-state index in [-0.39, 0.29) is 30.0 Å². The third-order valence-corrected chi connectivity index (χ3v) is 5.55. The Balaban J connectivity index is 1.68. The van der Waals surface area contributed by atoms with Gasteiger partial charge in [0.1, 0.15) is 5.82 Å². The normalized spacial score (nSPS) is 19.2. The Kier molecular flexibility index (Phi) is 4.45. The summed E-state index contributed by atoms with van der Waals surface area (Å²) in [6.07, 6.45) is 1.77. The van der Waals surface area contributed by atoms with E-state index in [4.69, 9.17) is 0 Å². The fourth-order valence-corrected chi connectivity index (χ4v) is 4.45. The van der Waals surface area contributed by atoms with E-state index in [0.717, 1.165) is 16.9 Å². The van der Waals surface area contributed by atoms with Crippen molar-refractivity contribution in [2.24, 2.45) is 5.92 Å². The standard InChI is InChI=1S/C17H21N3O3S/c1-12(2)20-15-6-4-3-5-14(15)19-16(20)10-18-17(21)9-13-7-8-24(22,23)11-13/h3-8,12-13H,9-11H2,1-2H3,(H,18,21)/t13-/m0/s1. The molecule has 0 spiro atoms. The molecule has 1 aliphatic heterocycles. The minimum absolute atomic E-state index is 0.0188. The molecule has 0 aliphatic carbocycles. The molecule has 0 saturated heterocycles. The van der Waals surface area contributed by atoms with Gasteiger partial charge in [0.05, 0.1) is 23.3 Å². The maximum atomic E-state index is 12.1. The van der Waals surface area contributed by atoms with E-state index in [1.54, 1.807) is 6.08 Å². The average molecular weight is 347 g/mol. The monoisotopic (exact) mass is 347 g/mol. The van der Waals surface area contributed by atoms with Crippen LogP contribution in [0.1, 0.15) is 32.1 Å². The lowest BCUT2D eigenvalue weighted by Crippen LogP contribution is -2.27. The lowest BCUT2D eigenvalue weighted by atomic mass is 10.1. The SMILES string of the molecule is CC(C)n1c(CNC(=O)C[C@@H]2C=CS(=O)(=O)C2)nc2ccccc21. The predicted molar refractivity (Wildman–Crippen MR) is 93.0 cm³/mol. The van der Waals surface area contributed by atoms with Crippen LogP contribution in [-0.4, -0.2) is 29.6 Å². The molecule has 2 heterocycles. The van der Waals surface area contributed by atoms with Crippen molar-refractivity contribution in [3.05, 3.63) is 41.6 Å². The molecule has 0 radical (unpaired) electrons. The van der Waals surface area contributed by atoms with Crippen LogP contribution in [0, 0.1) is 5.92 Å². The van der Waals surface area contributed by atoms with Crippen molar-refractivity contribution in [1.82, 2.24) is 14.9 Å². The first kappa shape index (κ1) is 16.7. The molecule has 0 unspecified atom stereocenters. The van der Waals surface area contributed by atoms with Crippen molar-refractivity contribution in [3.8, 4) is 0 Å². The molecule has 128 valence electrons. The number of amides is 1. The van der Waals surface area contributed by atoms with Gasteiger partial charge in [-0.3, -0.25) is 4.79 Å². The summed E-state index contributed by atoms with van der Waals surface area (Å²) in [6.45, 7) is 4.48. The van der Waals surface area contributed by atoms with E-state index in [1.165, 1.54) is 5.41 Å². The summed E-state index contributed by atoms with van der Waals surface area (Å²) in [6, 6.07) is 8.11. The molecule has 7 heteroatoms. The molecular formula is C17H21N3O3S. The summed E-state index contributed by atoms with van der Waals surface area (Å²) in [5.74, 6) is 0.419. The minimum Gasteiger partial charge on any atom is -0.349 e. The molecule has 1 N–H and O–H groups in total. The second-order valence-corrected chi connectivity index (χ2v) is 8.31. The Morgan fingerprint density at radius 2 is 2.12 bits per heavy atom. The molecule has 0 saturated carbocycles. The lowest BCUT2D eigenvalue weighted by molar-refractivity contribution is -0.121. The summed E-state index contributed by atoms with van der Waals surface area (Å²) in [4.78, 5) is 16.7. The van der Waals surface area contributed by atoms with Gasteiger partial charge in [0.2, 0.25) is 5.91 Å². The van der Waals surface area contributed by atoms with Crippen molar-refractivity contribution < 1.29 is 13.2 Å². The van der Waals surface area contributed by atoms with E-state index in [9.17, 15) is 13.2 Å². The lowest BCUT2D eigenvalue weighted by Gasteiger charge is -2.14. The van der Waals surface area contributed by atoms with Crippen molar-refractivity contribution >= 4 is 26.8 Å². The van der Waals surface area contributed by atoms with Crippen LogP contribution in [0.15, 0.2) is 35.7 Å². The Bertz CT molecular complexity index is 897. The molecule has 1 atom stereocenters. The molecular weight excluding hydrogens is 326 g/mol. The van der Waals surface area contributed by atoms with Crippen molar-refractivity contribution in [2.45, 2.75) is 32.9 Å². The van der Waals surface area contributed by atoms with Crippen molar-refractivity contribution in [3.63, 3.8) is 0 Å². The molecule has 6 nitrogen and oxygen atoms in total. The summed E-state index contributed by atoms with van der Waals surface area (Å²) in [7, 11) is -3.12. The van der Waals surface area contributed by atoms with Gasteiger partial charge in [-0.05, 0) is 26.0 Å². The van der Waals surface area contributed by atoms with Crippen molar-refractivity contribution in [2.75, 3.05) is 5.75 Å². The number of benzene rings is 1. The molecule has 1 amide bonds. The number of imidazole rings is 1. The van der Waals surface area contributed by atoms with Gasteiger partial charge in [0.25, 0.3) is 0 Å². The highest BCUT2D eigenvalue weighted by Gasteiger charge is 2.24. The maximum absolute atomic E-state index is 12.1. The average Bonchev–Trinajstić information content (AvgIpc) is 3.04. The van der Waals surface area contributed by atoms with Crippen LogP contribution in [0.2, 0.25) is 0 Å². The van der Waals surface area contributed by atoms with Crippen LogP contribution in [0.25, 0.3) is 11.0 Å². The highest BCUT2D eigenvalue weighted by atomic mass is 32.2. The topological polar surface area (TPSA) is 81.1 Å². The van der Waals surface area contributed by atoms with Gasteiger partial charge in [0.15, 0.2) is 9.84 Å². The molecule has 1 aromatic heterocycles. The zero-order valence-electron chi connectivity index (χ0n) is 13.8. The van der Waals surface area contributed by atoms with Crippen LogP contribution in [0.5, 0.6) is 0 Å². The number of allylic oxidation sites excluding steroid dienone is 1. The smallest absolute Gasteiger partial charge is 0.220 e. The number of hydrogen-bond donors (Lipinski definition) is 1. The van der Waals surface area contributed by atoms with Crippen LogP contribution in [0.4, 0.5) is 0 Å². The Morgan fingerprint density at radius 1 is 1.38 bits per heavy atom. The number of hydrogen-bond acceptors (Lipinski definition) is 4. The fraction of sp³-hybridized carbons (Fsp3) is 0.412. The Labute approximate surface area is 141 Å². The predicted octanol–water partition coefficient (Wildman–Crippen LogP) is 2.18. The number of nitrogens with zero attached hydrogens (tertiary/aromatic N) is 2. The van der Waals surface area contributed by atoms with Gasteiger partial charge in [-0.15, -0.1) is 0 Å². The molecule has 1 aromatic carbocycles. The molecule has 24 heavy (non-hydrogen) atoms. The van der Waals surface area contributed by atoms with E-state index in [2.05, 4.69) is 28.7 Å². The zero-order valence-corrected chi connectivity index (χ0v) is 14.6. The van der Waals surface area contributed by atoms with E-state index in [1.807, 2.05) is 24.3 Å². The zero-order chi connectivity index (χ0) is 17.3. The summed E-state index contributed by atoms with van der Waals surface area (Å²) < 4.78 is 24.9. The van der Waals surface area contributed by atoms with Gasteiger partial charge in [-0.25, -0.2) is 13.4 Å².